The van der Waals surface area contributed by atoms with Gasteiger partial charge in [0.05, 0.1) is 0 Å². The van der Waals surface area contributed by atoms with Crippen LogP contribution in [0.2, 0.25) is 0 Å². The molecule has 1 fully saturated rings. The van der Waals surface area contributed by atoms with Gasteiger partial charge in [-0.05, 0) is 41.8 Å². The van der Waals surface area contributed by atoms with Crippen molar-refractivity contribution in [2.45, 2.75) is 18.9 Å². The lowest BCUT2D eigenvalue weighted by Gasteiger charge is -2.27. The molecule has 0 aromatic heterocycles. The van der Waals surface area contributed by atoms with E-state index in [1.165, 1.54) is 12.1 Å². The summed E-state index contributed by atoms with van der Waals surface area (Å²) in [6.45, 7) is 1.73. The van der Waals surface area contributed by atoms with E-state index in [9.17, 15) is 4.79 Å². The van der Waals surface area contributed by atoms with Crippen molar-refractivity contribution in [3.63, 3.8) is 0 Å². The molecule has 3 aromatic carbocycles. The lowest BCUT2D eigenvalue weighted by atomic mass is 10.0. The van der Waals surface area contributed by atoms with E-state index in [4.69, 9.17) is 0 Å². The fraction of sp³-hybridized carbons (Fsp3) is 0.227. The van der Waals surface area contributed by atoms with Gasteiger partial charge in [0, 0.05) is 30.4 Å². The highest BCUT2D eigenvalue weighted by Crippen LogP contribution is 2.25. The van der Waals surface area contributed by atoms with Crippen LogP contribution in [0.15, 0.2) is 72.8 Å². The molecule has 1 atom stereocenters. The lowest BCUT2D eigenvalue weighted by Crippen LogP contribution is -2.40. The van der Waals surface area contributed by atoms with Crippen molar-refractivity contribution in [1.82, 2.24) is 5.32 Å². The SMILES string of the molecule is O=C(NCC1CCCN1c1ccccc1)c1cccc2ccccc12. The average Bonchev–Trinajstić information content (AvgIpc) is 3.15. The Bertz CT molecular complexity index is 870. The normalized spacial score (nSPS) is 17.0. The molecule has 1 unspecified atom stereocenters. The molecule has 1 amide bonds. The molecule has 0 bridgehead atoms. The Morgan fingerprint density at radius 2 is 1.72 bits per heavy atom. The van der Waals surface area contributed by atoms with Crippen LogP contribution in [0.5, 0.6) is 0 Å². The molecule has 3 heteroatoms. The molecule has 4 rings (SSSR count). The maximum Gasteiger partial charge on any atom is 0.251 e. The third-order valence-electron chi connectivity index (χ3n) is 5.00. The number of para-hydroxylation sites is 1. The second-order valence-corrected chi connectivity index (χ2v) is 6.56. The van der Waals surface area contributed by atoms with Gasteiger partial charge in [-0.2, -0.15) is 0 Å². The molecular formula is C22H22N2O. The summed E-state index contributed by atoms with van der Waals surface area (Å²) in [5.41, 5.74) is 1.99. The summed E-state index contributed by atoms with van der Waals surface area (Å²) in [5, 5.41) is 5.26. The number of hydrogen-bond donors (Lipinski definition) is 1. The Morgan fingerprint density at radius 1 is 0.960 bits per heavy atom. The van der Waals surface area contributed by atoms with E-state index in [1.54, 1.807) is 0 Å². The maximum atomic E-state index is 12.7. The summed E-state index contributed by atoms with van der Waals surface area (Å²) >= 11 is 0. The Hall–Kier alpha value is -2.81. The van der Waals surface area contributed by atoms with Gasteiger partial charge in [0.25, 0.3) is 5.91 Å². The third kappa shape index (κ3) is 3.22. The Balaban J connectivity index is 1.48. The van der Waals surface area contributed by atoms with Crippen LogP contribution in [0.1, 0.15) is 23.2 Å². The first-order valence-electron chi connectivity index (χ1n) is 8.90. The van der Waals surface area contributed by atoms with Crippen molar-refractivity contribution in [3.8, 4) is 0 Å². The Kier molecular flexibility index (Phi) is 4.38. The number of anilines is 1. The molecule has 25 heavy (non-hydrogen) atoms. The van der Waals surface area contributed by atoms with Crippen molar-refractivity contribution in [2.24, 2.45) is 0 Å². The third-order valence-corrected chi connectivity index (χ3v) is 5.00. The van der Waals surface area contributed by atoms with E-state index in [1.807, 2.05) is 48.5 Å². The smallest absolute Gasteiger partial charge is 0.251 e. The number of nitrogens with zero attached hydrogens (tertiary/aromatic N) is 1. The standard InChI is InChI=1S/C22H22N2O/c25-22(21-14-6-9-17-8-4-5-13-20(17)21)23-16-19-12-7-15-24(19)18-10-2-1-3-11-18/h1-6,8-11,13-14,19H,7,12,15-16H2,(H,23,25). The highest BCUT2D eigenvalue weighted by molar-refractivity contribution is 6.07. The minimum absolute atomic E-state index is 0.0108. The first-order chi connectivity index (χ1) is 12.3. The van der Waals surface area contributed by atoms with Crippen molar-refractivity contribution < 1.29 is 4.79 Å². The van der Waals surface area contributed by atoms with Crippen LogP contribution >= 0.6 is 0 Å². The summed E-state index contributed by atoms with van der Waals surface area (Å²) in [4.78, 5) is 15.1. The molecule has 3 nitrogen and oxygen atoms in total. The molecule has 0 radical (unpaired) electrons. The van der Waals surface area contributed by atoms with Gasteiger partial charge in [-0.15, -0.1) is 0 Å². The predicted octanol–water partition coefficient (Wildman–Crippen LogP) is 4.24. The summed E-state index contributed by atoms with van der Waals surface area (Å²) in [7, 11) is 0. The van der Waals surface area contributed by atoms with E-state index < -0.39 is 0 Å². The molecular weight excluding hydrogens is 308 g/mol. The monoisotopic (exact) mass is 330 g/mol. The molecule has 1 saturated heterocycles. The van der Waals surface area contributed by atoms with Crippen LogP contribution in [-0.2, 0) is 0 Å². The molecule has 0 saturated carbocycles. The van der Waals surface area contributed by atoms with Crippen LogP contribution in [-0.4, -0.2) is 25.0 Å². The van der Waals surface area contributed by atoms with Gasteiger partial charge in [0.2, 0.25) is 0 Å². The number of amides is 1. The maximum absolute atomic E-state index is 12.7. The van der Waals surface area contributed by atoms with Crippen LogP contribution < -0.4 is 10.2 Å². The first kappa shape index (κ1) is 15.7. The minimum atomic E-state index is 0.0108. The van der Waals surface area contributed by atoms with E-state index >= 15 is 0 Å². The number of carbonyl (C=O) groups excluding carboxylic acids is 1. The highest BCUT2D eigenvalue weighted by atomic mass is 16.1. The molecule has 1 N–H and O–H groups in total. The summed E-state index contributed by atoms with van der Waals surface area (Å²) in [5.74, 6) is 0.0108. The van der Waals surface area contributed by atoms with Crippen LogP contribution in [0.25, 0.3) is 10.8 Å². The van der Waals surface area contributed by atoms with Gasteiger partial charge in [-0.3, -0.25) is 4.79 Å². The number of benzene rings is 3. The molecule has 0 aliphatic carbocycles. The zero-order valence-corrected chi connectivity index (χ0v) is 14.2. The summed E-state index contributed by atoms with van der Waals surface area (Å²) < 4.78 is 0. The van der Waals surface area contributed by atoms with E-state index in [-0.39, 0.29) is 5.91 Å². The molecule has 1 aliphatic heterocycles. The van der Waals surface area contributed by atoms with Gasteiger partial charge in [0.15, 0.2) is 0 Å². The van der Waals surface area contributed by atoms with Crippen molar-refractivity contribution in [2.75, 3.05) is 18.0 Å². The quantitative estimate of drug-likeness (QED) is 0.776. The van der Waals surface area contributed by atoms with Gasteiger partial charge in [0.1, 0.15) is 0 Å². The Morgan fingerprint density at radius 3 is 2.60 bits per heavy atom. The second-order valence-electron chi connectivity index (χ2n) is 6.56. The zero-order chi connectivity index (χ0) is 17.1. The molecule has 3 aromatic rings. The molecule has 126 valence electrons. The van der Waals surface area contributed by atoms with Crippen LogP contribution in [0, 0.1) is 0 Å². The lowest BCUT2D eigenvalue weighted by molar-refractivity contribution is 0.0953. The molecule has 0 spiro atoms. The van der Waals surface area contributed by atoms with Gasteiger partial charge in [-0.1, -0.05) is 54.6 Å². The fourth-order valence-electron chi connectivity index (χ4n) is 3.74. The number of rotatable bonds is 4. The van der Waals surface area contributed by atoms with Gasteiger partial charge >= 0.3 is 0 Å². The molecule has 1 heterocycles. The average molecular weight is 330 g/mol. The zero-order valence-electron chi connectivity index (χ0n) is 14.2. The van der Waals surface area contributed by atoms with Gasteiger partial charge < -0.3 is 10.2 Å². The number of nitrogens with one attached hydrogen (secondary N) is 1. The second kappa shape index (κ2) is 6.98. The van der Waals surface area contributed by atoms with Gasteiger partial charge in [-0.25, -0.2) is 0 Å². The van der Waals surface area contributed by atoms with Crippen molar-refractivity contribution in [1.29, 1.82) is 0 Å². The predicted molar refractivity (Wildman–Crippen MR) is 103 cm³/mol. The molecule has 1 aliphatic rings. The Labute approximate surface area is 148 Å². The van der Waals surface area contributed by atoms with E-state index in [0.29, 0.717) is 12.6 Å². The van der Waals surface area contributed by atoms with E-state index in [0.717, 1.165) is 29.3 Å². The van der Waals surface area contributed by atoms with Crippen molar-refractivity contribution in [3.05, 3.63) is 78.4 Å². The fourth-order valence-corrected chi connectivity index (χ4v) is 3.74. The number of hydrogen-bond acceptors (Lipinski definition) is 2. The topological polar surface area (TPSA) is 32.3 Å². The minimum Gasteiger partial charge on any atom is -0.367 e. The number of fused-ring (bicyclic) bond motifs is 1. The summed E-state index contributed by atoms with van der Waals surface area (Å²) in [6, 6.07) is 24.8. The van der Waals surface area contributed by atoms with Crippen molar-refractivity contribution >= 4 is 22.4 Å². The van der Waals surface area contributed by atoms with Crippen LogP contribution in [0.4, 0.5) is 5.69 Å². The van der Waals surface area contributed by atoms with Crippen LogP contribution in [0.3, 0.4) is 0 Å². The number of carbonyl (C=O) groups is 1. The highest BCUT2D eigenvalue weighted by Gasteiger charge is 2.25. The largest absolute Gasteiger partial charge is 0.367 e. The van der Waals surface area contributed by atoms with E-state index in [2.05, 4.69) is 34.5 Å². The first-order valence-corrected chi connectivity index (χ1v) is 8.90. The summed E-state index contributed by atoms with van der Waals surface area (Å²) in [6.07, 6.45) is 2.29.